The summed E-state index contributed by atoms with van der Waals surface area (Å²) in [5.41, 5.74) is 6.15. The molecule has 33 heavy (non-hydrogen) atoms. The van der Waals surface area contributed by atoms with E-state index in [9.17, 15) is 4.79 Å². The first-order valence-corrected chi connectivity index (χ1v) is 10.9. The third-order valence-corrected chi connectivity index (χ3v) is 5.25. The van der Waals surface area contributed by atoms with Crippen molar-refractivity contribution in [1.29, 1.82) is 0 Å². The number of esters is 1. The van der Waals surface area contributed by atoms with E-state index in [4.69, 9.17) is 9.57 Å². The van der Waals surface area contributed by atoms with E-state index in [0.717, 1.165) is 39.4 Å². The summed E-state index contributed by atoms with van der Waals surface area (Å²) in [6, 6.07) is 24.1. The van der Waals surface area contributed by atoms with Gasteiger partial charge < -0.3 is 19.6 Å². The van der Waals surface area contributed by atoms with E-state index in [1.807, 2.05) is 79.7 Å². The fourth-order valence-electron chi connectivity index (χ4n) is 3.36. The predicted molar refractivity (Wildman–Crippen MR) is 131 cm³/mol. The van der Waals surface area contributed by atoms with Gasteiger partial charge in [-0.2, -0.15) is 0 Å². The molecule has 0 aliphatic rings. The van der Waals surface area contributed by atoms with Crippen molar-refractivity contribution >= 4 is 17.4 Å². The highest BCUT2D eigenvalue weighted by molar-refractivity contribution is 6.02. The standard InChI is InChI=1S/C27H30N2O4/c1-20-6-4-5-7-25(20)26(29-32-3)19-33-24-15-10-22(11-16-24)18-28-23-13-8-21(9-14-23)12-17-27(30)31-2/h4-11,13-16,28H,12,17-19H2,1-3H3. The highest BCUT2D eigenvalue weighted by Gasteiger charge is 2.09. The fraction of sp³-hybridized carbons (Fsp3) is 0.259. The van der Waals surface area contributed by atoms with Crippen LogP contribution in [0.3, 0.4) is 0 Å². The summed E-state index contributed by atoms with van der Waals surface area (Å²) in [4.78, 5) is 16.3. The van der Waals surface area contributed by atoms with Gasteiger partial charge in [-0.1, -0.05) is 53.7 Å². The van der Waals surface area contributed by atoms with Crippen LogP contribution in [0.25, 0.3) is 0 Å². The second-order valence-electron chi connectivity index (χ2n) is 7.59. The van der Waals surface area contributed by atoms with Crippen LogP contribution in [0.5, 0.6) is 5.75 Å². The molecule has 0 aromatic heterocycles. The van der Waals surface area contributed by atoms with E-state index in [2.05, 4.69) is 15.2 Å². The quantitative estimate of drug-likeness (QED) is 0.251. The van der Waals surface area contributed by atoms with Crippen LogP contribution >= 0.6 is 0 Å². The normalized spacial score (nSPS) is 11.1. The van der Waals surface area contributed by atoms with Crippen LogP contribution in [0.4, 0.5) is 5.69 Å². The van der Waals surface area contributed by atoms with Gasteiger partial charge in [0.2, 0.25) is 0 Å². The molecule has 0 heterocycles. The molecule has 3 aromatic carbocycles. The van der Waals surface area contributed by atoms with Crippen molar-refractivity contribution in [1.82, 2.24) is 0 Å². The van der Waals surface area contributed by atoms with Crippen LogP contribution in [0.15, 0.2) is 78.0 Å². The summed E-state index contributed by atoms with van der Waals surface area (Å²) >= 11 is 0. The number of hydrogen-bond acceptors (Lipinski definition) is 6. The number of aryl methyl sites for hydroxylation is 2. The molecule has 0 saturated heterocycles. The highest BCUT2D eigenvalue weighted by atomic mass is 16.6. The SMILES string of the molecule is CON=C(COc1ccc(CNc2ccc(CCC(=O)OC)cc2)cc1)c1ccccc1C. The molecule has 0 fully saturated rings. The first kappa shape index (κ1) is 23.9. The summed E-state index contributed by atoms with van der Waals surface area (Å²) in [6.07, 6.45) is 1.07. The number of ether oxygens (including phenoxy) is 2. The molecule has 3 rings (SSSR count). The lowest BCUT2D eigenvalue weighted by Crippen LogP contribution is -2.14. The highest BCUT2D eigenvalue weighted by Crippen LogP contribution is 2.17. The Bertz CT molecular complexity index is 1060. The van der Waals surface area contributed by atoms with Crippen molar-refractivity contribution in [3.8, 4) is 5.75 Å². The van der Waals surface area contributed by atoms with Gasteiger partial charge in [0.15, 0.2) is 0 Å². The average molecular weight is 447 g/mol. The second-order valence-corrected chi connectivity index (χ2v) is 7.59. The maximum atomic E-state index is 11.3. The fourth-order valence-corrected chi connectivity index (χ4v) is 3.36. The largest absolute Gasteiger partial charge is 0.487 e. The van der Waals surface area contributed by atoms with Crippen LogP contribution < -0.4 is 10.1 Å². The van der Waals surface area contributed by atoms with Crippen molar-refractivity contribution in [3.63, 3.8) is 0 Å². The van der Waals surface area contributed by atoms with Gasteiger partial charge in [-0.25, -0.2) is 0 Å². The van der Waals surface area contributed by atoms with Gasteiger partial charge in [-0.05, 0) is 54.3 Å². The molecule has 172 valence electrons. The molecule has 0 atom stereocenters. The number of benzene rings is 3. The van der Waals surface area contributed by atoms with Crippen molar-refractivity contribution in [2.45, 2.75) is 26.3 Å². The number of nitrogens with zero attached hydrogens (tertiary/aromatic N) is 1. The second kappa shape index (κ2) is 12.3. The average Bonchev–Trinajstić information content (AvgIpc) is 2.85. The van der Waals surface area contributed by atoms with E-state index in [-0.39, 0.29) is 5.97 Å². The third-order valence-electron chi connectivity index (χ3n) is 5.25. The zero-order valence-corrected chi connectivity index (χ0v) is 19.3. The zero-order chi connectivity index (χ0) is 23.5. The number of carbonyl (C=O) groups excluding carboxylic acids is 1. The van der Waals surface area contributed by atoms with Gasteiger partial charge in [0, 0.05) is 24.2 Å². The lowest BCUT2D eigenvalue weighted by molar-refractivity contribution is -0.140. The van der Waals surface area contributed by atoms with Crippen LogP contribution in [0.1, 0.15) is 28.7 Å². The number of nitrogens with one attached hydrogen (secondary N) is 1. The minimum atomic E-state index is -0.193. The topological polar surface area (TPSA) is 69.2 Å². The number of carbonyl (C=O) groups is 1. The molecule has 0 saturated carbocycles. The van der Waals surface area contributed by atoms with Gasteiger partial charge >= 0.3 is 5.97 Å². The maximum Gasteiger partial charge on any atom is 0.305 e. The molecule has 0 radical (unpaired) electrons. The van der Waals surface area contributed by atoms with E-state index in [0.29, 0.717) is 26.0 Å². The first-order valence-electron chi connectivity index (χ1n) is 10.9. The van der Waals surface area contributed by atoms with E-state index < -0.39 is 0 Å². The van der Waals surface area contributed by atoms with Crippen LogP contribution in [-0.2, 0) is 27.3 Å². The Kier molecular flexibility index (Phi) is 8.88. The molecule has 0 aliphatic heterocycles. The van der Waals surface area contributed by atoms with Crippen molar-refractivity contribution in [2.24, 2.45) is 5.16 Å². The van der Waals surface area contributed by atoms with Gasteiger partial charge in [-0.3, -0.25) is 4.79 Å². The Hall–Kier alpha value is -3.80. The molecule has 0 unspecified atom stereocenters. The molecule has 0 spiro atoms. The van der Waals surface area contributed by atoms with E-state index in [1.165, 1.54) is 14.2 Å². The van der Waals surface area contributed by atoms with Gasteiger partial charge in [0.25, 0.3) is 0 Å². The molecule has 6 nitrogen and oxygen atoms in total. The lowest BCUT2D eigenvalue weighted by atomic mass is 10.0. The van der Waals surface area contributed by atoms with E-state index in [1.54, 1.807) is 0 Å². The van der Waals surface area contributed by atoms with Crippen LogP contribution in [-0.4, -0.2) is 32.5 Å². The first-order chi connectivity index (χ1) is 16.1. The predicted octanol–water partition coefficient (Wildman–Crippen LogP) is 5.14. The Morgan fingerprint density at radius 2 is 1.61 bits per heavy atom. The number of oxime groups is 1. The molecule has 0 aliphatic carbocycles. The molecule has 1 N–H and O–H groups in total. The minimum absolute atomic E-state index is 0.193. The third kappa shape index (κ3) is 7.38. The molecule has 3 aromatic rings. The smallest absolute Gasteiger partial charge is 0.305 e. The molecule has 0 amide bonds. The number of rotatable bonds is 11. The molecule has 0 bridgehead atoms. The van der Waals surface area contributed by atoms with Crippen LogP contribution in [0.2, 0.25) is 0 Å². The minimum Gasteiger partial charge on any atom is -0.487 e. The Balaban J connectivity index is 1.50. The summed E-state index contributed by atoms with van der Waals surface area (Å²) in [6.45, 7) is 3.05. The Morgan fingerprint density at radius 3 is 2.27 bits per heavy atom. The van der Waals surface area contributed by atoms with Crippen molar-refractivity contribution in [3.05, 3.63) is 95.1 Å². The van der Waals surface area contributed by atoms with E-state index >= 15 is 0 Å². The van der Waals surface area contributed by atoms with Gasteiger partial charge in [0.05, 0.1) is 7.11 Å². The Morgan fingerprint density at radius 1 is 0.909 bits per heavy atom. The summed E-state index contributed by atoms with van der Waals surface area (Å²) in [5.74, 6) is 0.577. The molecule has 6 heteroatoms. The summed E-state index contributed by atoms with van der Waals surface area (Å²) in [5, 5.41) is 7.55. The number of anilines is 1. The number of methoxy groups -OCH3 is 1. The monoisotopic (exact) mass is 446 g/mol. The maximum absolute atomic E-state index is 11.3. The van der Waals surface area contributed by atoms with Gasteiger partial charge in [-0.15, -0.1) is 0 Å². The number of hydrogen-bond donors (Lipinski definition) is 1. The van der Waals surface area contributed by atoms with Gasteiger partial charge in [0.1, 0.15) is 25.2 Å². The van der Waals surface area contributed by atoms with Crippen molar-refractivity contribution < 1.29 is 19.1 Å². The lowest BCUT2D eigenvalue weighted by Gasteiger charge is -2.12. The van der Waals surface area contributed by atoms with Crippen LogP contribution in [0, 0.1) is 6.92 Å². The zero-order valence-electron chi connectivity index (χ0n) is 19.3. The summed E-state index contributed by atoms with van der Waals surface area (Å²) in [7, 11) is 2.95. The molecular weight excluding hydrogens is 416 g/mol. The Labute approximate surface area is 195 Å². The summed E-state index contributed by atoms with van der Waals surface area (Å²) < 4.78 is 10.6. The van der Waals surface area contributed by atoms with Crippen molar-refractivity contribution in [2.75, 3.05) is 26.1 Å². The molecular formula is C27H30N2O4.